The summed E-state index contributed by atoms with van der Waals surface area (Å²) in [6, 6.07) is 16.8. The molecule has 4 rings (SSSR count). The first-order chi connectivity index (χ1) is 16.1. The van der Waals surface area contributed by atoms with Crippen LogP contribution in [0.25, 0.3) is 6.08 Å². The van der Waals surface area contributed by atoms with Crippen molar-refractivity contribution in [1.82, 2.24) is 4.90 Å². The largest absolute Gasteiger partial charge is 0.497 e. The molecular weight excluding hydrogens is 438 g/mol. The maximum Gasteiger partial charge on any atom is 0.283 e. The standard InChI is InChI=1S/C25H27N3O4S/c1-3-22(24(30)27-13-15-32-16-14-27)33-25-26-21(17-18-9-11-20(31-2)12-10-18)23(29)28(25)19-7-5-4-6-8-19/h4-12,17,22H,3,13-16H2,1-2H3/b21-17-/t22-/m0/s1. The highest BCUT2D eigenvalue weighted by atomic mass is 32.2. The van der Waals surface area contributed by atoms with Crippen LogP contribution in [0, 0.1) is 0 Å². The molecule has 0 bridgehead atoms. The SMILES string of the molecule is CC[C@H](SC1=N/C(=C\c2ccc(OC)cc2)C(=O)N1c1ccccc1)C(=O)N1CCOCC1. The number of morpholine rings is 1. The van der Waals surface area contributed by atoms with Gasteiger partial charge in [0.05, 0.1) is 31.3 Å². The Balaban J connectivity index is 1.63. The van der Waals surface area contributed by atoms with Crippen molar-refractivity contribution in [1.29, 1.82) is 0 Å². The van der Waals surface area contributed by atoms with Gasteiger partial charge in [-0.3, -0.25) is 14.5 Å². The Morgan fingerprint density at radius 2 is 1.85 bits per heavy atom. The molecule has 1 saturated heterocycles. The molecule has 0 aliphatic carbocycles. The molecule has 1 fully saturated rings. The summed E-state index contributed by atoms with van der Waals surface area (Å²) in [5.74, 6) is 0.586. The van der Waals surface area contributed by atoms with E-state index >= 15 is 0 Å². The first kappa shape index (κ1) is 23.1. The Morgan fingerprint density at radius 3 is 2.48 bits per heavy atom. The molecule has 0 N–H and O–H groups in total. The van der Waals surface area contributed by atoms with Crippen molar-refractivity contribution in [3.8, 4) is 5.75 Å². The summed E-state index contributed by atoms with van der Waals surface area (Å²) in [6.07, 6.45) is 2.39. The van der Waals surface area contributed by atoms with Gasteiger partial charge in [0.2, 0.25) is 5.91 Å². The smallest absolute Gasteiger partial charge is 0.283 e. The molecule has 33 heavy (non-hydrogen) atoms. The molecule has 2 aliphatic rings. The Hall–Kier alpha value is -3.10. The van der Waals surface area contributed by atoms with Gasteiger partial charge in [0.15, 0.2) is 5.17 Å². The van der Waals surface area contributed by atoms with E-state index in [1.165, 1.54) is 11.8 Å². The molecule has 0 saturated carbocycles. The fourth-order valence-corrected chi connectivity index (χ4v) is 4.78. The van der Waals surface area contributed by atoms with Gasteiger partial charge in [-0.25, -0.2) is 4.99 Å². The molecule has 2 amide bonds. The van der Waals surface area contributed by atoms with Crippen LogP contribution in [0.15, 0.2) is 65.3 Å². The predicted octanol–water partition coefficient (Wildman–Crippen LogP) is 3.81. The topological polar surface area (TPSA) is 71.4 Å². The third-order valence-corrected chi connectivity index (χ3v) is 6.78. The van der Waals surface area contributed by atoms with Crippen LogP contribution >= 0.6 is 11.8 Å². The zero-order valence-corrected chi connectivity index (χ0v) is 19.6. The predicted molar refractivity (Wildman–Crippen MR) is 131 cm³/mol. The lowest BCUT2D eigenvalue weighted by Gasteiger charge is -2.30. The minimum absolute atomic E-state index is 0.0570. The molecule has 8 heteroatoms. The number of benzene rings is 2. The van der Waals surface area contributed by atoms with Gasteiger partial charge in [0.25, 0.3) is 5.91 Å². The summed E-state index contributed by atoms with van der Waals surface area (Å²) in [5, 5.41) is 0.181. The van der Waals surface area contributed by atoms with E-state index in [2.05, 4.69) is 4.99 Å². The zero-order chi connectivity index (χ0) is 23.2. The van der Waals surface area contributed by atoms with E-state index in [1.54, 1.807) is 18.1 Å². The van der Waals surface area contributed by atoms with Gasteiger partial charge in [-0.05, 0) is 42.3 Å². The van der Waals surface area contributed by atoms with Gasteiger partial charge in [-0.15, -0.1) is 0 Å². The van der Waals surface area contributed by atoms with Crippen molar-refractivity contribution in [2.45, 2.75) is 18.6 Å². The van der Waals surface area contributed by atoms with Crippen LogP contribution in [0.3, 0.4) is 0 Å². The number of carbonyl (C=O) groups excluding carboxylic acids is 2. The summed E-state index contributed by atoms with van der Waals surface area (Å²) in [6.45, 7) is 4.27. The van der Waals surface area contributed by atoms with Gasteiger partial charge < -0.3 is 14.4 Å². The highest BCUT2D eigenvalue weighted by Gasteiger charge is 2.36. The number of methoxy groups -OCH3 is 1. The minimum atomic E-state index is -0.332. The Morgan fingerprint density at radius 1 is 1.15 bits per heavy atom. The number of thioether (sulfide) groups is 1. The lowest BCUT2D eigenvalue weighted by Crippen LogP contribution is -2.45. The molecule has 0 radical (unpaired) electrons. The van der Waals surface area contributed by atoms with Crippen LogP contribution in [0.2, 0.25) is 0 Å². The number of hydrogen-bond acceptors (Lipinski definition) is 6. The molecular formula is C25H27N3O4S. The molecule has 0 spiro atoms. The van der Waals surface area contributed by atoms with Crippen molar-refractivity contribution in [3.63, 3.8) is 0 Å². The van der Waals surface area contributed by atoms with E-state index in [0.717, 1.165) is 17.0 Å². The van der Waals surface area contributed by atoms with Crippen LogP contribution in [0.1, 0.15) is 18.9 Å². The fraction of sp³-hybridized carbons (Fsp3) is 0.320. The molecule has 2 aromatic rings. The summed E-state index contributed by atoms with van der Waals surface area (Å²) in [5.41, 5.74) is 1.90. The number of amides is 2. The number of nitrogens with zero attached hydrogens (tertiary/aromatic N) is 3. The molecule has 1 atom stereocenters. The maximum absolute atomic E-state index is 13.4. The van der Waals surface area contributed by atoms with Crippen molar-refractivity contribution in [2.24, 2.45) is 4.99 Å². The van der Waals surface area contributed by atoms with Crippen molar-refractivity contribution < 1.29 is 19.1 Å². The first-order valence-electron chi connectivity index (χ1n) is 11.0. The van der Waals surface area contributed by atoms with Crippen LogP contribution in [0.4, 0.5) is 5.69 Å². The highest BCUT2D eigenvalue weighted by molar-refractivity contribution is 8.15. The number of amidine groups is 1. The summed E-state index contributed by atoms with van der Waals surface area (Å²) in [7, 11) is 1.61. The number of anilines is 1. The number of carbonyl (C=O) groups is 2. The lowest BCUT2D eigenvalue weighted by molar-refractivity contribution is -0.134. The van der Waals surface area contributed by atoms with Gasteiger partial charge in [0, 0.05) is 13.1 Å². The summed E-state index contributed by atoms with van der Waals surface area (Å²) in [4.78, 5) is 34.6. The Bertz CT molecular complexity index is 1050. The van der Waals surface area contributed by atoms with E-state index in [1.807, 2.05) is 66.4 Å². The van der Waals surface area contributed by atoms with Gasteiger partial charge in [0.1, 0.15) is 11.4 Å². The molecule has 7 nitrogen and oxygen atoms in total. The lowest BCUT2D eigenvalue weighted by atomic mass is 10.2. The molecule has 2 heterocycles. The fourth-order valence-electron chi connectivity index (χ4n) is 3.66. The average molecular weight is 466 g/mol. The number of hydrogen-bond donors (Lipinski definition) is 0. The molecule has 172 valence electrons. The number of para-hydroxylation sites is 1. The van der Waals surface area contributed by atoms with Gasteiger partial charge >= 0.3 is 0 Å². The number of ether oxygens (including phenoxy) is 2. The number of rotatable bonds is 6. The highest BCUT2D eigenvalue weighted by Crippen LogP contribution is 2.32. The van der Waals surface area contributed by atoms with E-state index in [9.17, 15) is 9.59 Å². The Kier molecular flexibility index (Phi) is 7.47. The zero-order valence-electron chi connectivity index (χ0n) is 18.8. The summed E-state index contributed by atoms with van der Waals surface area (Å²) < 4.78 is 10.6. The second-order valence-electron chi connectivity index (χ2n) is 7.63. The van der Waals surface area contributed by atoms with E-state index in [-0.39, 0.29) is 17.1 Å². The molecule has 0 unspecified atom stereocenters. The van der Waals surface area contributed by atoms with Gasteiger partial charge in [-0.1, -0.05) is 49.0 Å². The van der Waals surface area contributed by atoms with Gasteiger partial charge in [-0.2, -0.15) is 0 Å². The quantitative estimate of drug-likeness (QED) is 0.607. The van der Waals surface area contributed by atoms with Crippen molar-refractivity contribution in [2.75, 3.05) is 38.3 Å². The van der Waals surface area contributed by atoms with Crippen LogP contribution < -0.4 is 9.64 Å². The normalized spacial score (nSPS) is 18.4. The number of aliphatic imine (C=N–C) groups is 1. The average Bonchev–Trinajstić information content (AvgIpc) is 3.17. The van der Waals surface area contributed by atoms with Crippen molar-refractivity contribution >= 4 is 40.5 Å². The minimum Gasteiger partial charge on any atom is -0.497 e. The van der Waals surface area contributed by atoms with Crippen LogP contribution in [0.5, 0.6) is 5.75 Å². The van der Waals surface area contributed by atoms with Crippen LogP contribution in [-0.4, -0.2) is 60.5 Å². The Labute approximate surface area is 198 Å². The van der Waals surface area contributed by atoms with Crippen LogP contribution in [-0.2, 0) is 14.3 Å². The maximum atomic E-state index is 13.4. The first-order valence-corrected chi connectivity index (χ1v) is 11.9. The molecule has 2 aliphatic heterocycles. The molecule has 2 aromatic carbocycles. The third-order valence-electron chi connectivity index (χ3n) is 5.48. The summed E-state index contributed by atoms with van der Waals surface area (Å²) >= 11 is 1.34. The van der Waals surface area contributed by atoms with Crippen molar-refractivity contribution in [3.05, 3.63) is 65.9 Å². The monoisotopic (exact) mass is 465 g/mol. The van der Waals surface area contributed by atoms with E-state index in [4.69, 9.17) is 9.47 Å². The third kappa shape index (κ3) is 5.29. The van der Waals surface area contributed by atoms with E-state index < -0.39 is 0 Å². The molecule has 0 aromatic heterocycles. The van der Waals surface area contributed by atoms with E-state index in [0.29, 0.717) is 43.6 Å². The second kappa shape index (κ2) is 10.7. The second-order valence-corrected chi connectivity index (χ2v) is 8.80.